The molecule has 0 bridgehead atoms. The number of likely N-dealkylation sites (tertiary alicyclic amines) is 1. The summed E-state index contributed by atoms with van der Waals surface area (Å²) in [6.07, 6.45) is 3.47. The van der Waals surface area contributed by atoms with Crippen molar-refractivity contribution in [3.8, 4) is 0 Å². The van der Waals surface area contributed by atoms with Crippen molar-refractivity contribution in [1.82, 2.24) is 14.9 Å². The molecule has 118 valence electrons. The first-order valence-electron chi connectivity index (χ1n) is 7.63. The lowest BCUT2D eigenvalue weighted by Gasteiger charge is -2.15. The fraction of sp³-hybridized carbons (Fsp3) is 0.714. The molecule has 0 aromatic carbocycles. The van der Waals surface area contributed by atoms with Crippen molar-refractivity contribution in [2.45, 2.75) is 49.0 Å². The molecule has 3 rings (SSSR count). The van der Waals surface area contributed by atoms with Crippen LogP contribution in [0.5, 0.6) is 0 Å². The minimum absolute atomic E-state index is 0.0647. The van der Waals surface area contributed by atoms with Gasteiger partial charge in [0.05, 0.1) is 0 Å². The van der Waals surface area contributed by atoms with E-state index < -0.39 is 10.0 Å². The van der Waals surface area contributed by atoms with Crippen LogP contribution in [-0.4, -0.2) is 45.0 Å². The van der Waals surface area contributed by atoms with Crippen molar-refractivity contribution in [3.63, 3.8) is 0 Å². The Balaban J connectivity index is 1.59. The largest absolute Gasteiger partial charge is 0.313 e. The summed E-state index contributed by atoms with van der Waals surface area (Å²) in [6, 6.07) is 2.56. The molecule has 2 N–H and O–H groups in total. The van der Waals surface area contributed by atoms with E-state index >= 15 is 0 Å². The maximum absolute atomic E-state index is 12.4. The van der Waals surface area contributed by atoms with Crippen molar-refractivity contribution < 1.29 is 8.42 Å². The summed E-state index contributed by atoms with van der Waals surface area (Å²) in [5, 5.41) is 5.13. The van der Waals surface area contributed by atoms with Crippen LogP contribution < -0.4 is 10.0 Å². The van der Waals surface area contributed by atoms with Gasteiger partial charge in [-0.3, -0.25) is 4.90 Å². The smallest absolute Gasteiger partial charge is 0.250 e. The summed E-state index contributed by atoms with van der Waals surface area (Å²) >= 11 is 1.31. The number of nitrogens with zero attached hydrogens (tertiary/aromatic N) is 1. The molecular weight excluding hydrogens is 306 g/mol. The van der Waals surface area contributed by atoms with Gasteiger partial charge in [-0.1, -0.05) is 6.92 Å². The topological polar surface area (TPSA) is 61.4 Å². The number of hydrogen-bond donors (Lipinski definition) is 2. The molecule has 1 saturated heterocycles. The Morgan fingerprint density at radius 2 is 2.19 bits per heavy atom. The number of hydrogen-bond acceptors (Lipinski definition) is 5. The van der Waals surface area contributed by atoms with Crippen molar-refractivity contribution in [2.75, 3.05) is 19.6 Å². The molecule has 2 aliphatic rings. The van der Waals surface area contributed by atoms with Gasteiger partial charge in [0.2, 0.25) is 10.0 Å². The van der Waals surface area contributed by atoms with Crippen molar-refractivity contribution in [3.05, 3.63) is 17.0 Å². The number of thiophene rings is 1. The molecule has 5 nitrogen and oxygen atoms in total. The van der Waals surface area contributed by atoms with Crippen LogP contribution in [-0.2, 0) is 16.6 Å². The van der Waals surface area contributed by atoms with E-state index in [1.165, 1.54) is 24.2 Å². The van der Waals surface area contributed by atoms with Crippen LogP contribution in [0.15, 0.2) is 15.7 Å². The summed E-state index contributed by atoms with van der Waals surface area (Å²) in [4.78, 5) is 2.41. The predicted octanol–water partition coefficient (Wildman–Crippen LogP) is 1.37. The van der Waals surface area contributed by atoms with E-state index in [0.717, 1.165) is 38.2 Å². The summed E-state index contributed by atoms with van der Waals surface area (Å²) < 4.78 is 28.2. The molecule has 1 aromatic rings. The van der Waals surface area contributed by atoms with Gasteiger partial charge in [0.25, 0.3) is 0 Å². The van der Waals surface area contributed by atoms with Gasteiger partial charge in [0.15, 0.2) is 0 Å². The van der Waals surface area contributed by atoms with Gasteiger partial charge in [-0.15, -0.1) is 11.3 Å². The van der Waals surface area contributed by atoms with E-state index in [1.807, 2.05) is 12.3 Å². The molecule has 0 amide bonds. The minimum atomic E-state index is -3.36. The van der Waals surface area contributed by atoms with Gasteiger partial charge < -0.3 is 5.32 Å². The Morgan fingerprint density at radius 3 is 2.90 bits per heavy atom. The second kappa shape index (κ2) is 6.34. The first-order valence-corrected chi connectivity index (χ1v) is 9.99. The van der Waals surface area contributed by atoms with Gasteiger partial charge in [-0.2, -0.15) is 0 Å². The zero-order valence-electron chi connectivity index (χ0n) is 12.3. The fourth-order valence-electron chi connectivity index (χ4n) is 2.79. The monoisotopic (exact) mass is 329 g/mol. The second-order valence-electron chi connectivity index (χ2n) is 5.89. The number of rotatable bonds is 7. The summed E-state index contributed by atoms with van der Waals surface area (Å²) in [5.41, 5.74) is 1.04. The predicted molar refractivity (Wildman–Crippen MR) is 85.0 cm³/mol. The molecule has 1 aliphatic carbocycles. The minimum Gasteiger partial charge on any atom is -0.313 e. The van der Waals surface area contributed by atoms with Gasteiger partial charge >= 0.3 is 0 Å². The van der Waals surface area contributed by atoms with E-state index in [-0.39, 0.29) is 6.04 Å². The Hall–Kier alpha value is -0.470. The van der Waals surface area contributed by atoms with Crippen LogP contribution in [0.1, 0.15) is 31.7 Å². The Bertz CT molecular complexity index is 581. The SMILES string of the molecule is CCNCc1csc(S(=O)(=O)NC2CCN(C3CC3)C2)c1. The number of sulfonamides is 1. The zero-order chi connectivity index (χ0) is 14.9. The molecule has 1 aromatic heterocycles. The molecule has 1 atom stereocenters. The molecule has 7 heteroatoms. The molecule has 1 aliphatic heterocycles. The third-order valence-electron chi connectivity index (χ3n) is 4.08. The lowest BCUT2D eigenvalue weighted by atomic mass is 10.3. The maximum atomic E-state index is 12.4. The Morgan fingerprint density at radius 1 is 1.38 bits per heavy atom. The van der Waals surface area contributed by atoms with Crippen LogP contribution in [0.4, 0.5) is 0 Å². The lowest BCUT2D eigenvalue weighted by molar-refractivity contribution is 0.322. The van der Waals surface area contributed by atoms with Gasteiger partial charge in [-0.05, 0) is 42.8 Å². The first kappa shape index (κ1) is 15.4. The Kier molecular flexibility index (Phi) is 4.66. The Labute approximate surface area is 130 Å². The summed E-state index contributed by atoms with van der Waals surface area (Å²) in [5.74, 6) is 0. The van der Waals surface area contributed by atoms with Crippen LogP contribution in [0, 0.1) is 0 Å². The highest BCUT2D eigenvalue weighted by Crippen LogP contribution is 2.30. The highest BCUT2D eigenvalue weighted by Gasteiger charge is 2.36. The third kappa shape index (κ3) is 3.84. The van der Waals surface area contributed by atoms with E-state index in [4.69, 9.17) is 0 Å². The molecular formula is C14H23N3O2S2. The lowest BCUT2D eigenvalue weighted by Crippen LogP contribution is -2.37. The quantitative estimate of drug-likeness (QED) is 0.793. The van der Waals surface area contributed by atoms with Crippen LogP contribution in [0.25, 0.3) is 0 Å². The van der Waals surface area contributed by atoms with Crippen LogP contribution in [0.3, 0.4) is 0 Å². The second-order valence-corrected chi connectivity index (χ2v) is 8.74. The molecule has 21 heavy (non-hydrogen) atoms. The van der Waals surface area contributed by atoms with Crippen LogP contribution >= 0.6 is 11.3 Å². The molecule has 1 unspecified atom stereocenters. The van der Waals surface area contributed by atoms with Crippen molar-refractivity contribution in [1.29, 1.82) is 0 Å². The van der Waals surface area contributed by atoms with E-state index in [0.29, 0.717) is 10.3 Å². The average Bonchev–Trinajstić information content (AvgIpc) is 3.00. The fourth-order valence-corrected chi connectivity index (χ4v) is 5.28. The van der Waals surface area contributed by atoms with E-state index in [9.17, 15) is 8.42 Å². The number of nitrogens with one attached hydrogen (secondary N) is 2. The average molecular weight is 329 g/mol. The highest BCUT2D eigenvalue weighted by molar-refractivity contribution is 7.91. The van der Waals surface area contributed by atoms with Gasteiger partial charge in [0, 0.05) is 31.7 Å². The zero-order valence-corrected chi connectivity index (χ0v) is 14.0. The van der Waals surface area contributed by atoms with Crippen molar-refractivity contribution in [2.24, 2.45) is 0 Å². The molecule has 1 saturated carbocycles. The standard InChI is InChI=1S/C14H23N3O2S2/c1-2-15-8-11-7-14(20-10-11)21(18,19)16-12-5-6-17(9-12)13-3-4-13/h7,10,12-13,15-16H,2-6,8-9H2,1H3. The third-order valence-corrected chi connectivity index (χ3v) is 7.09. The van der Waals surface area contributed by atoms with Gasteiger partial charge in [-0.25, -0.2) is 13.1 Å². The first-order chi connectivity index (χ1) is 10.1. The molecule has 2 fully saturated rings. The van der Waals surface area contributed by atoms with Crippen LogP contribution in [0.2, 0.25) is 0 Å². The molecule has 0 spiro atoms. The van der Waals surface area contributed by atoms with E-state index in [1.54, 1.807) is 6.07 Å². The summed E-state index contributed by atoms with van der Waals surface area (Å²) in [6.45, 7) is 5.53. The molecule has 2 heterocycles. The maximum Gasteiger partial charge on any atom is 0.250 e. The normalized spacial score (nSPS) is 23.8. The van der Waals surface area contributed by atoms with Gasteiger partial charge in [0.1, 0.15) is 4.21 Å². The van der Waals surface area contributed by atoms with Crippen molar-refractivity contribution >= 4 is 21.4 Å². The van der Waals surface area contributed by atoms with E-state index in [2.05, 4.69) is 14.9 Å². The molecule has 0 radical (unpaired) electrons. The summed E-state index contributed by atoms with van der Waals surface area (Å²) in [7, 11) is -3.36. The highest BCUT2D eigenvalue weighted by atomic mass is 32.2.